The van der Waals surface area contributed by atoms with Gasteiger partial charge in [-0.15, -0.1) is 11.3 Å². The van der Waals surface area contributed by atoms with Crippen LogP contribution in [0.5, 0.6) is 0 Å². The molecule has 0 spiro atoms. The van der Waals surface area contributed by atoms with Gasteiger partial charge in [-0.2, -0.15) is 0 Å². The lowest BCUT2D eigenvalue weighted by Crippen LogP contribution is -2.30. The molecule has 0 amide bonds. The predicted octanol–water partition coefficient (Wildman–Crippen LogP) is 2.53. The first kappa shape index (κ1) is 14.0. The van der Waals surface area contributed by atoms with Gasteiger partial charge in [0.25, 0.3) is 0 Å². The molecule has 0 bridgehead atoms. The van der Waals surface area contributed by atoms with Crippen LogP contribution in [0.4, 0.5) is 0 Å². The molecular weight excluding hydrogens is 242 g/mol. The zero-order chi connectivity index (χ0) is 13.0. The van der Waals surface area contributed by atoms with Crippen molar-refractivity contribution < 1.29 is 0 Å². The Morgan fingerprint density at radius 1 is 1.56 bits per heavy atom. The molecule has 1 fully saturated rings. The largest absolute Gasteiger partial charge is 0.311 e. The minimum atomic E-state index is 0.698. The Hall–Kier alpha value is -0.450. The van der Waals surface area contributed by atoms with E-state index < -0.39 is 0 Å². The topological polar surface area (TPSA) is 28.2 Å². The SMILES string of the molecule is CCc1ncc(CNCC2CCN(C(C)C)C2)s1. The highest BCUT2D eigenvalue weighted by Gasteiger charge is 2.23. The Kier molecular flexibility index (Phi) is 5.15. The summed E-state index contributed by atoms with van der Waals surface area (Å²) in [6, 6.07) is 0.698. The average molecular weight is 267 g/mol. The van der Waals surface area contributed by atoms with Crippen LogP contribution in [-0.4, -0.2) is 35.6 Å². The lowest BCUT2D eigenvalue weighted by Gasteiger charge is -2.20. The van der Waals surface area contributed by atoms with Gasteiger partial charge in [0.15, 0.2) is 0 Å². The van der Waals surface area contributed by atoms with Crippen LogP contribution in [0.15, 0.2) is 6.20 Å². The summed E-state index contributed by atoms with van der Waals surface area (Å²) in [5, 5.41) is 4.83. The molecule has 4 heteroatoms. The molecule has 1 N–H and O–H groups in total. The van der Waals surface area contributed by atoms with E-state index in [1.807, 2.05) is 17.5 Å². The number of thiazole rings is 1. The molecule has 1 aliphatic heterocycles. The van der Waals surface area contributed by atoms with Gasteiger partial charge in [-0.25, -0.2) is 4.98 Å². The van der Waals surface area contributed by atoms with Gasteiger partial charge in [0.05, 0.1) is 5.01 Å². The van der Waals surface area contributed by atoms with Gasteiger partial charge in [0.2, 0.25) is 0 Å². The summed E-state index contributed by atoms with van der Waals surface area (Å²) in [6.07, 6.45) is 4.41. The molecule has 102 valence electrons. The van der Waals surface area contributed by atoms with Crippen LogP contribution < -0.4 is 5.32 Å². The second kappa shape index (κ2) is 6.64. The van der Waals surface area contributed by atoms with Crippen molar-refractivity contribution in [3.8, 4) is 0 Å². The molecule has 18 heavy (non-hydrogen) atoms. The van der Waals surface area contributed by atoms with Gasteiger partial charge < -0.3 is 10.2 Å². The number of aromatic nitrogens is 1. The summed E-state index contributed by atoms with van der Waals surface area (Å²) in [7, 11) is 0. The number of aryl methyl sites for hydroxylation is 1. The molecule has 0 aromatic carbocycles. The quantitative estimate of drug-likeness (QED) is 0.858. The van der Waals surface area contributed by atoms with Gasteiger partial charge in [-0.05, 0) is 45.7 Å². The van der Waals surface area contributed by atoms with Gasteiger partial charge in [0.1, 0.15) is 0 Å². The van der Waals surface area contributed by atoms with Crippen LogP contribution in [0.2, 0.25) is 0 Å². The molecular formula is C14H25N3S. The molecule has 1 unspecified atom stereocenters. The smallest absolute Gasteiger partial charge is 0.0925 e. The summed E-state index contributed by atoms with van der Waals surface area (Å²) >= 11 is 1.84. The first-order valence-electron chi connectivity index (χ1n) is 7.07. The third-order valence-corrected chi connectivity index (χ3v) is 4.83. The molecule has 0 saturated carbocycles. The summed E-state index contributed by atoms with van der Waals surface area (Å²) in [5.74, 6) is 0.825. The van der Waals surface area contributed by atoms with Gasteiger partial charge in [-0.3, -0.25) is 0 Å². The number of hydrogen-bond donors (Lipinski definition) is 1. The number of hydrogen-bond acceptors (Lipinski definition) is 4. The second-order valence-corrected chi connectivity index (χ2v) is 6.65. The van der Waals surface area contributed by atoms with E-state index in [-0.39, 0.29) is 0 Å². The summed E-state index contributed by atoms with van der Waals surface area (Å²) in [5.41, 5.74) is 0. The van der Waals surface area contributed by atoms with Gasteiger partial charge >= 0.3 is 0 Å². The first-order chi connectivity index (χ1) is 8.69. The fraction of sp³-hybridized carbons (Fsp3) is 0.786. The second-order valence-electron chi connectivity index (χ2n) is 5.45. The fourth-order valence-electron chi connectivity index (χ4n) is 2.49. The molecule has 1 atom stereocenters. The highest BCUT2D eigenvalue weighted by atomic mass is 32.1. The van der Waals surface area contributed by atoms with Crippen molar-refractivity contribution in [2.24, 2.45) is 5.92 Å². The Bertz CT molecular complexity index is 362. The van der Waals surface area contributed by atoms with Crippen molar-refractivity contribution in [1.29, 1.82) is 0 Å². The summed E-state index contributed by atoms with van der Waals surface area (Å²) < 4.78 is 0. The lowest BCUT2D eigenvalue weighted by molar-refractivity contribution is 0.264. The van der Waals surface area contributed by atoms with E-state index in [2.05, 4.69) is 36.0 Å². The van der Waals surface area contributed by atoms with E-state index >= 15 is 0 Å². The third-order valence-electron chi connectivity index (χ3n) is 3.68. The van der Waals surface area contributed by atoms with Crippen LogP contribution >= 0.6 is 11.3 Å². The van der Waals surface area contributed by atoms with Gasteiger partial charge in [0, 0.05) is 30.2 Å². The maximum absolute atomic E-state index is 4.39. The molecule has 1 saturated heterocycles. The van der Waals surface area contributed by atoms with E-state index in [1.165, 1.54) is 29.4 Å². The Labute approximate surface area is 115 Å². The van der Waals surface area contributed by atoms with Crippen molar-refractivity contribution in [2.45, 2.75) is 46.2 Å². The molecule has 3 nitrogen and oxygen atoms in total. The fourth-order valence-corrected chi connectivity index (χ4v) is 3.32. The highest BCUT2D eigenvalue weighted by Crippen LogP contribution is 2.18. The van der Waals surface area contributed by atoms with Crippen molar-refractivity contribution in [3.05, 3.63) is 16.1 Å². The van der Waals surface area contributed by atoms with Crippen molar-refractivity contribution in [1.82, 2.24) is 15.2 Å². The average Bonchev–Trinajstić information content (AvgIpc) is 2.97. The maximum Gasteiger partial charge on any atom is 0.0925 e. The van der Waals surface area contributed by atoms with Crippen LogP contribution in [0.25, 0.3) is 0 Å². The number of nitrogens with zero attached hydrogens (tertiary/aromatic N) is 2. The minimum absolute atomic E-state index is 0.698. The Balaban J connectivity index is 1.67. The van der Waals surface area contributed by atoms with E-state index in [0.717, 1.165) is 25.4 Å². The van der Waals surface area contributed by atoms with Crippen molar-refractivity contribution in [3.63, 3.8) is 0 Å². The molecule has 1 aromatic heterocycles. The molecule has 1 aliphatic rings. The zero-order valence-electron chi connectivity index (χ0n) is 11.8. The van der Waals surface area contributed by atoms with E-state index in [1.54, 1.807) is 0 Å². The summed E-state index contributed by atoms with van der Waals surface area (Å²) in [6.45, 7) is 11.4. The van der Waals surface area contributed by atoms with Crippen molar-refractivity contribution in [2.75, 3.05) is 19.6 Å². The first-order valence-corrected chi connectivity index (χ1v) is 7.89. The Morgan fingerprint density at radius 2 is 2.39 bits per heavy atom. The summed E-state index contributed by atoms with van der Waals surface area (Å²) in [4.78, 5) is 8.33. The van der Waals surface area contributed by atoms with Gasteiger partial charge in [-0.1, -0.05) is 6.92 Å². The number of nitrogens with one attached hydrogen (secondary N) is 1. The van der Waals surface area contributed by atoms with Crippen LogP contribution in [0, 0.1) is 5.92 Å². The van der Waals surface area contributed by atoms with Crippen LogP contribution in [0.1, 0.15) is 37.1 Å². The number of rotatable bonds is 6. The molecule has 1 aromatic rings. The molecule has 2 rings (SSSR count). The third kappa shape index (κ3) is 3.77. The van der Waals surface area contributed by atoms with E-state index in [4.69, 9.17) is 0 Å². The van der Waals surface area contributed by atoms with Crippen LogP contribution in [-0.2, 0) is 13.0 Å². The Morgan fingerprint density at radius 3 is 3.00 bits per heavy atom. The zero-order valence-corrected chi connectivity index (χ0v) is 12.6. The number of likely N-dealkylation sites (tertiary alicyclic amines) is 1. The highest BCUT2D eigenvalue weighted by molar-refractivity contribution is 7.11. The molecule has 2 heterocycles. The van der Waals surface area contributed by atoms with E-state index in [9.17, 15) is 0 Å². The predicted molar refractivity (Wildman–Crippen MR) is 78.0 cm³/mol. The van der Waals surface area contributed by atoms with Crippen LogP contribution in [0.3, 0.4) is 0 Å². The maximum atomic E-state index is 4.39. The van der Waals surface area contributed by atoms with Crippen molar-refractivity contribution >= 4 is 11.3 Å². The molecule has 0 radical (unpaired) electrons. The molecule has 0 aliphatic carbocycles. The lowest BCUT2D eigenvalue weighted by atomic mass is 10.1. The monoisotopic (exact) mass is 267 g/mol. The minimum Gasteiger partial charge on any atom is -0.311 e. The normalized spacial score (nSPS) is 21.0. The van der Waals surface area contributed by atoms with E-state index in [0.29, 0.717) is 6.04 Å². The standard InChI is InChI=1S/C14H25N3S/c1-4-14-16-9-13(18-14)8-15-7-12-5-6-17(10-12)11(2)3/h9,11-12,15H,4-8,10H2,1-3H3.